The number of halogens is 1. The van der Waals surface area contributed by atoms with Crippen molar-refractivity contribution < 1.29 is 23.5 Å². The Labute approximate surface area is 127 Å². The van der Waals surface area contributed by atoms with Gasteiger partial charge in [0.25, 0.3) is 0 Å². The molecule has 0 spiro atoms. The zero-order chi connectivity index (χ0) is 16.1. The summed E-state index contributed by atoms with van der Waals surface area (Å²) in [4.78, 5) is 23.9. The summed E-state index contributed by atoms with van der Waals surface area (Å²) in [7, 11) is 1.50. The highest BCUT2D eigenvalue weighted by Crippen LogP contribution is 2.27. The average molecular weight is 308 g/mol. The first-order chi connectivity index (χ1) is 10.5. The van der Waals surface area contributed by atoms with Crippen molar-refractivity contribution in [2.75, 3.05) is 20.3 Å². The van der Waals surface area contributed by atoms with Gasteiger partial charge in [0.2, 0.25) is 0 Å². The zero-order valence-electron chi connectivity index (χ0n) is 12.3. The molecule has 0 bridgehead atoms. The highest BCUT2D eigenvalue weighted by molar-refractivity contribution is 5.95. The molecular formula is C15H17FN2O4. The van der Waals surface area contributed by atoms with E-state index in [2.05, 4.69) is 10.6 Å². The van der Waals surface area contributed by atoms with E-state index >= 15 is 0 Å². The lowest BCUT2D eigenvalue weighted by atomic mass is 9.95. The fourth-order valence-electron chi connectivity index (χ4n) is 2.20. The molecule has 1 aliphatic rings. The van der Waals surface area contributed by atoms with E-state index in [0.717, 1.165) is 0 Å². The van der Waals surface area contributed by atoms with Crippen molar-refractivity contribution >= 4 is 12.0 Å². The molecule has 2 rings (SSSR count). The molecule has 0 aromatic heterocycles. The SMILES string of the molecule is COCCOC(=O)C1=C(C)NC(=O)N[C@@H]1c1cccc(F)c1. The summed E-state index contributed by atoms with van der Waals surface area (Å²) >= 11 is 0. The second kappa shape index (κ2) is 7.04. The minimum Gasteiger partial charge on any atom is -0.460 e. The van der Waals surface area contributed by atoms with Crippen LogP contribution in [0.1, 0.15) is 18.5 Å². The Bertz CT molecular complexity index is 615. The third kappa shape index (κ3) is 3.62. The van der Waals surface area contributed by atoms with E-state index < -0.39 is 23.9 Å². The van der Waals surface area contributed by atoms with Gasteiger partial charge < -0.3 is 20.1 Å². The highest BCUT2D eigenvalue weighted by atomic mass is 19.1. The number of benzene rings is 1. The van der Waals surface area contributed by atoms with Crippen molar-refractivity contribution in [1.29, 1.82) is 0 Å². The monoisotopic (exact) mass is 308 g/mol. The Morgan fingerprint density at radius 2 is 2.14 bits per heavy atom. The van der Waals surface area contributed by atoms with Crippen molar-refractivity contribution in [3.63, 3.8) is 0 Å². The van der Waals surface area contributed by atoms with Crippen molar-refractivity contribution in [2.45, 2.75) is 13.0 Å². The molecule has 22 heavy (non-hydrogen) atoms. The van der Waals surface area contributed by atoms with Crippen LogP contribution in [0.3, 0.4) is 0 Å². The summed E-state index contributed by atoms with van der Waals surface area (Å²) in [6, 6.07) is 4.49. The van der Waals surface area contributed by atoms with Crippen LogP contribution in [0.15, 0.2) is 35.5 Å². The summed E-state index contributed by atoms with van der Waals surface area (Å²) in [5.74, 6) is -1.04. The van der Waals surface area contributed by atoms with Crippen LogP contribution in [0.4, 0.5) is 9.18 Å². The number of carbonyl (C=O) groups excluding carboxylic acids is 2. The summed E-state index contributed by atoms with van der Waals surface area (Å²) in [5, 5.41) is 5.12. The van der Waals surface area contributed by atoms with E-state index in [9.17, 15) is 14.0 Å². The number of methoxy groups -OCH3 is 1. The number of hydrogen-bond acceptors (Lipinski definition) is 4. The normalized spacial score (nSPS) is 17.8. The molecule has 0 radical (unpaired) electrons. The molecule has 0 unspecified atom stereocenters. The first-order valence-corrected chi connectivity index (χ1v) is 6.72. The molecule has 1 atom stereocenters. The maximum atomic E-state index is 13.4. The summed E-state index contributed by atoms with van der Waals surface area (Å²) < 4.78 is 23.3. The van der Waals surface area contributed by atoms with Gasteiger partial charge in [-0.05, 0) is 24.6 Å². The third-order valence-electron chi connectivity index (χ3n) is 3.19. The lowest BCUT2D eigenvalue weighted by Gasteiger charge is -2.28. The zero-order valence-corrected chi connectivity index (χ0v) is 12.3. The smallest absolute Gasteiger partial charge is 0.338 e. The fraction of sp³-hybridized carbons (Fsp3) is 0.333. The number of rotatable bonds is 5. The molecule has 1 heterocycles. The van der Waals surface area contributed by atoms with Crippen LogP contribution in [0.5, 0.6) is 0 Å². The molecule has 1 aromatic rings. The number of ether oxygens (including phenoxy) is 2. The van der Waals surface area contributed by atoms with Gasteiger partial charge in [0.05, 0.1) is 18.2 Å². The van der Waals surface area contributed by atoms with Crippen LogP contribution in [0, 0.1) is 5.82 Å². The summed E-state index contributed by atoms with van der Waals surface area (Å²) in [6.45, 7) is 1.95. The molecule has 1 aromatic carbocycles. The highest BCUT2D eigenvalue weighted by Gasteiger charge is 2.32. The number of esters is 1. The van der Waals surface area contributed by atoms with E-state index in [1.54, 1.807) is 13.0 Å². The molecule has 0 fully saturated rings. The van der Waals surface area contributed by atoms with Crippen molar-refractivity contribution in [2.24, 2.45) is 0 Å². The molecule has 0 saturated carbocycles. The van der Waals surface area contributed by atoms with Gasteiger partial charge in [0, 0.05) is 12.8 Å². The van der Waals surface area contributed by atoms with Gasteiger partial charge >= 0.3 is 12.0 Å². The minimum absolute atomic E-state index is 0.0932. The predicted molar refractivity (Wildman–Crippen MR) is 76.3 cm³/mol. The van der Waals surface area contributed by atoms with Gasteiger partial charge in [-0.1, -0.05) is 12.1 Å². The van der Waals surface area contributed by atoms with Gasteiger partial charge in [-0.25, -0.2) is 14.0 Å². The maximum absolute atomic E-state index is 13.4. The lowest BCUT2D eigenvalue weighted by Crippen LogP contribution is -2.45. The Kier molecular flexibility index (Phi) is 5.11. The van der Waals surface area contributed by atoms with E-state index in [1.807, 2.05) is 0 Å². The lowest BCUT2D eigenvalue weighted by molar-refractivity contribution is -0.140. The summed E-state index contributed by atoms with van der Waals surface area (Å²) in [6.07, 6.45) is 0. The van der Waals surface area contributed by atoms with Crippen molar-refractivity contribution in [3.05, 3.63) is 46.9 Å². The van der Waals surface area contributed by atoms with Gasteiger partial charge in [0.1, 0.15) is 12.4 Å². The summed E-state index contributed by atoms with van der Waals surface area (Å²) in [5.41, 5.74) is 1.08. The van der Waals surface area contributed by atoms with Crippen LogP contribution < -0.4 is 10.6 Å². The van der Waals surface area contributed by atoms with E-state index in [4.69, 9.17) is 9.47 Å². The maximum Gasteiger partial charge on any atom is 0.338 e. The molecular weight excluding hydrogens is 291 g/mol. The third-order valence-corrected chi connectivity index (χ3v) is 3.19. The Balaban J connectivity index is 2.30. The number of amides is 2. The predicted octanol–water partition coefficient (Wildman–Crippen LogP) is 1.64. The first-order valence-electron chi connectivity index (χ1n) is 6.72. The number of carbonyl (C=O) groups is 2. The molecule has 6 nitrogen and oxygen atoms in total. The van der Waals surface area contributed by atoms with Crippen LogP contribution in [-0.4, -0.2) is 32.3 Å². The van der Waals surface area contributed by atoms with Crippen LogP contribution in [-0.2, 0) is 14.3 Å². The number of hydrogen-bond donors (Lipinski definition) is 2. The second-order valence-electron chi connectivity index (χ2n) is 4.75. The standard InChI is InChI=1S/C15H17FN2O4/c1-9-12(14(19)22-7-6-21-2)13(18-15(20)17-9)10-4-3-5-11(16)8-10/h3-5,8,13H,6-7H2,1-2H3,(H2,17,18,20)/t13-/m1/s1. The van der Waals surface area contributed by atoms with Crippen molar-refractivity contribution in [3.8, 4) is 0 Å². The molecule has 2 amide bonds. The van der Waals surface area contributed by atoms with Crippen LogP contribution in [0.25, 0.3) is 0 Å². The van der Waals surface area contributed by atoms with Gasteiger partial charge in [-0.2, -0.15) is 0 Å². The Morgan fingerprint density at radius 3 is 2.82 bits per heavy atom. The van der Waals surface area contributed by atoms with Gasteiger partial charge in [0.15, 0.2) is 0 Å². The van der Waals surface area contributed by atoms with Crippen molar-refractivity contribution in [1.82, 2.24) is 10.6 Å². The van der Waals surface area contributed by atoms with Gasteiger partial charge in [-0.3, -0.25) is 0 Å². The largest absolute Gasteiger partial charge is 0.460 e. The molecule has 1 aliphatic heterocycles. The number of nitrogens with one attached hydrogen (secondary N) is 2. The fourth-order valence-corrected chi connectivity index (χ4v) is 2.20. The Hall–Kier alpha value is -2.41. The first kappa shape index (κ1) is 16.0. The molecule has 7 heteroatoms. The van der Waals surface area contributed by atoms with E-state index in [-0.39, 0.29) is 18.8 Å². The molecule has 118 valence electrons. The Morgan fingerprint density at radius 1 is 1.36 bits per heavy atom. The van der Waals surface area contributed by atoms with E-state index in [0.29, 0.717) is 11.3 Å². The van der Waals surface area contributed by atoms with Crippen LogP contribution in [0.2, 0.25) is 0 Å². The number of urea groups is 1. The quantitative estimate of drug-likeness (QED) is 0.640. The van der Waals surface area contributed by atoms with Crippen LogP contribution >= 0.6 is 0 Å². The molecule has 0 aliphatic carbocycles. The minimum atomic E-state index is -0.764. The topological polar surface area (TPSA) is 76.7 Å². The number of allylic oxidation sites excluding steroid dienone is 1. The van der Waals surface area contributed by atoms with Gasteiger partial charge in [-0.15, -0.1) is 0 Å². The van der Waals surface area contributed by atoms with E-state index in [1.165, 1.54) is 25.3 Å². The molecule has 2 N–H and O–H groups in total. The second-order valence-corrected chi connectivity index (χ2v) is 4.75. The molecule has 0 saturated heterocycles. The average Bonchev–Trinajstić information content (AvgIpc) is 2.46.